The summed E-state index contributed by atoms with van der Waals surface area (Å²) in [6, 6.07) is 0.508. The molecule has 1 heterocycles. The van der Waals surface area contributed by atoms with Crippen molar-refractivity contribution in [3.05, 3.63) is 16.1 Å². The minimum atomic E-state index is 0.198. The van der Waals surface area contributed by atoms with E-state index >= 15 is 0 Å². The number of rotatable bonds is 4. The number of hydrogen-bond acceptors (Lipinski definition) is 4. The Morgan fingerprint density at radius 2 is 2.31 bits per heavy atom. The minimum absolute atomic E-state index is 0.198. The average Bonchev–Trinajstić information content (AvgIpc) is 2.47. The molecule has 2 unspecified atom stereocenters. The number of thiazole rings is 1. The molecule has 0 fully saturated rings. The first-order valence-corrected chi connectivity index (χ1v) is 5.38. The second-order valence-electron chi connectivity index (χ2n) is 3.43. The van der Waals surface area contributed by atoms with E-state index in [0.29, 0.717) is 6.04 Å². The van der Waals surface area contributed by atoms with Crippen molar-refractivity contribution >= 4 is 11.3 Å². The highest BCUT2D eigenvalue weighted by Crippen LogP contribution is 2.16. The highest BCUT2D eigenvalue weighted by molar-refractivity contribution is 7.09. The molecule has 2 atom stereocenters. The van der Waals surface area contributed by atoms with Gasteiger partial charge in [0, 0.05) is 23.7 Å². The Bertz CT molecular complexity index is 257. The standard InChI is InChI=1S/C9H17N3S/c1-6(10)4-11-8(3)9-12-7(2)5-13-9/h5-6,8,11H,4,10H2,1-3H3. The molecule has 74 valence electrons. The molecule has 13 heavy (non-hydrogen) atoms. The first-order valence-electron chi connectivity index (χ1n) is 4.50. The lowest BCUT2D eigenvalue weighted by molar-refractivity contribution is 0.532. The maximum Gasteiger partial charge on any atom is 0.110 e. The van der Waals surface area contributed by atoms with Gasteiger partial charge < -0.3 is 11.1 Å². The van der Waals surface area contributed by atoms with Gasteiger partial charge in [0.1, 0.15) is 5.01 Å². The summed E-state index contributed by atoms with van der Waals surface area (Å²) in [7, 11) is 0. The normalized spacial score (nSPS) is 15.7. The third-order valence-electron chi connectivity index (χ3n) is 1.75. The van der Waals surface area contributed by atoms with Crippen molar-refractivity contribution in [2.45, 2.75) is 32.9 Å². The van der Waals surface area contributed by atoms with E-state index in [2.05, 4.69) is 22.6 Å². The molecule has 1 rings (SSSR count). The van der Waals surface area contributed by atoms with Gasteiger partial charge >= 0.3 is 0 Å². The lowest BCUT2D eigenvalue weighted by Gasteiger charge is -2.12. The molecule has 1 aromatic heterocycles. The summed E-state index contributed by atoms with van der Waals surface area (Å²) < 4.78 is 0. The van der Waals surface area contributed by atoms with E-state index in [1.54, 1.807) is 11.3 Å². The van der Waals surface area contributed by atoms with Crippen LogP contribution in [0.4, 0.5) is 0 Å². The zero-order valence-electron chi connectivity index (χ0n) is 8.37. The van der Waals surface area contributed by atoms with Crippen molar-refractivity contribution < 1.29 is 0 Å². The third kappa shape index (κ3) is 3.42. The molecule has 0 aliphatic rings. The van der Waals surface area contributed by atoms with E-state index in [9.17, 15) is 0 Å². The monoisotopic (exact) mass is 199 g/mol. The summed E-state index contributed by atoms with van der Waals surface area (Å²) in [5, 5.41) is 6.54. The Morgan fingerprint density at radius 1 is 1.62 bits per heavy atom. The average molecular weight is 199 g/mol. The fourth-order valence-corrected chi connectivity index (χ4v) is 1.85. The van der Waals surface area contributed by atoms with Crippen LogP contribution in [0.25, 0.3) is 0 Å². The van der Waals surface area contributed by atoms with Crippen LogP contribution in [0.15, 0.2) is 5.38 Å². The SMILES string of the molecule is Cc1csc(C(C)NCC(C)N)n1. The van der Waals surface area contributed by atoms with Gasteiger partial charge in [-0.25, -0.2) is 4.98 Å². The van der Waals surface area contributed by atoms with Crippen molar-refractivity contribution in [1.82, 2.24) is 10.3 Å². The fourth-order valence-electron chi connectivity index (χ4n) is 1.02. The molecule has 4 heteroatoms. The first-order chi connectivity index (χ1) is 6.09. The van der Waals surface area contributed by atoms with Crippen molar-refractivity contribution in [3.8, 4) is 0 Å². The Balaban J connectivity index is 2.44. The van der Waals surface area contributed by atoms with E-state index in [4.69, 9.17) is 5.73 Å². The molecule has 0 spiro atoms. The van der Waals surface area contributed by atoms with Gasteiger partial charge in [-0.3, -0.25) is 0 Å². The molecule has 3 nitrogen and oxygen atoms in total. The lowest BCUT2D eigenvalue weighted by atomic mass is 10.3. The van der Waals surface area contributed by atoms with Crippen LogP contribution in [0.2, 0.25) is 0 Å². The van der Waals surface area contributed by atoms with Crippen molar-refractivity contribution in [2.24, 2.45) is 5.73 Å². The topological polar surface area (TPSA) is 50.9 Å². The zero-order chi connectivity index (χ0) is 9.84. The number of nitrogens with zero attached hydrogens (tertiary/aromatic N) is 1. The molecular weight excluding hydrogens is 182 g/mol. The Morgan fingerprint density at radius 3 is 2.77 bits per heavy atom. The van der Waals surface area contributed by atoms with Crippen LogP contribution < -0.4 is 11.1 Å². The van der Waals surface area contributed by atoms with E-state index in [0.717, 1.165) is 17.2 Å². The third-order valence-corrected chi connectivity index (χ3v) is 2.90. The van der Waals surface area contributed by atoms with Gasteiger partial charge in [-0.05, 0) is 20.8 Å². The number of aryl methyl sites for hydroxylation is 1. The number of nitrogens with one attached hydrogen (secondary N) is 1. The van der Waals surface area contributed by atoms with Crippen LogP contribution in [-0.4, -0.2) is 17.6 Å². The molecule has 0 aromatic carbocycles. The maximum absolute atomic E-state index is 5.64. The van der Waals surface area contributed by atoms with E-state index in [1.807, 2.05) is 13.8 Å². The highest BCUT2D eigenvalue weighted by Gasteiger charge is 2.08. The Hall–Kier alpha value is -0.450. The zero-order valence-corrected chi connectivity index (χ0v) is 9.19. The Kier molecular flexibility index (Phi) is 3.84. The maximum atomic E-state index is 5.64. The fraction of sp³-hybridized carbons (Fsp3) is 0.667. The predicted octanol–water partition coefficient (Wildman–Crippen LogP) is 1.45. The number of nitrogens with two attached hydrogens (primary N) is 1. The molecule has 0 bridgehead atoms. The molecule has 0 saturated carbocycles. The van der Waals surface area contributed by atoms with Crippen LogP contribution in [0.5, 0.6) is 0 Å². The molecule has 0 aliphatic heterocycles. The summed E-state index contributed by atoms with van der Waals surface area (Å²) in [4.78, 5) is 4.40. The van der Waals surface area contributed by atoms with E-state index < -0.39 is 0 Å². The summed E-state index contributed by atoms with van der Waals surface area (Å²) in [6.07, 6.45) is 0. The van der Waals surface area contributed by atoms with Crippen LogP contribution in [0, 0.1) is 6.92 Å². The molecule has 0 aliphatic carbocycles. The van der Waals surface area contributed by atoms with Gasteiger partial charge in [-0.2, -0.15) is 0 Å². The van der Waals surface area contributed by atoms with Crippen LogP contribution >= 0.6 is 11.3 Å². The Labute approximate surface area is 83.4 Å². The van der Waals surface area contributed by atoms with Crippen LogP contribution in [0.3, 0.4) is 0 Å². The number of hydrogen-bond donors (Lipinski definition) is 2. The van der Waals surface area contributed by atoms with E-state index in [-0.39, 0.29) is 6.04 Å². The second kappa shape index (κ2) is 4.69. The summed E-state index contributed by atoms with van der Waals surface area (Å²) in [5.74, 6) is 0. The quantitative estimate of drug-likeness (QED) is 0.771. The first kappa shape index (κ1) is 10.6. The van der Waals surface area contributed by atoms with Gasteiger partial charge in [-0.1, -0.05) is 0 Å². The molecule has 3 N–H and O–H groups in total. The lowest BCUT2D eigenvalue weighted by Crippen LogP contribution is -2.32. The molecule has 0 radical (unpaired) electrons. The minimum Gasteiger partial charge on any atom is -0.327 e. The highest BCUT2D eigenvalue weighted by atomic mass is 32.1. The van der Waals surface area contributed by atoms with Gasteiger partial charge in [0.05, 0.1) is 6.04 Å². The number of aromatic nitrogens is 1. The molecule has 0 amide bonds. The molecule has 1 aromatic rings. The van der Waals surface area contributed by atoms with Gasteiger partial charge in [0.2, 0.25) is 0 Å². The summed E-state index contributed by atoms with van der Waals surface area (Å²) in [5.41, 5.74) is 6.74. The molecular formula is C9H17N3S. The van der Waals surface area contributed by atoms with Crippen LogP contribution in [-0.2, 0) is 0 Å². The summed E-state index contributed by atoms with van der Waals surface area (Å²) in [6.45, 7) is 6.95. The van der Waals surface area contributed by atoms with Gasteiger partial charge in [0.25, 0.3) is 0 Å². The summed E-state index contributed by atoms with van der Waals surface area (Å²) >= 11 is 1.69. The van der Waals surface area contributed by atoms with E-state index in [1.165, 1.54) is 0 Å². The smallest absolute Gasteiger partial charge is 0.110 e. The second-order valence-corrected chi connectivity index (χ2v) is 4.32. The van der Waals surface area contributed by atoms with Crippen molar-refractivity contribution in [1.29, 1.82) is 0 Å². The van der Waals surface area contributed by atoms with Crippen molar-refractivity contribution in [2.75, 3.05) is 6.54 Å². The van der Waals surface area contributed by atoms with Gasteiger partial charge in [0.15, 0.2) is 0 Å². The van der Waals surface area contributed by atoms with Crippen molar-refractivity contribution in [3.63, 3.8) is 0 Å². The van der Waals surface area contributed by atoms with Gasteiger partial charge in [-0.15, -0.1) is 11.3 Å². The molecule has 0 saturated heterocycles. The largest absolute Gasteiger partial charge is 0.327 e. The van der Waals surface area contributed by atoms with Crippen LogP contribution in [0.1, 0.15) is 30.6 Å². The predicted molar refractivity (Wildman–Crippen MR) is 56.9 cm³/mol.